The van der Waals surface area contributed by atoms with Crippen molar-refractivity contribution in [1.82, 2.24) is 9.21 Å². The lowest BCUT2D eigenvalue weighted by atomic mass is 10.3. The van der Waals surface area contributed by atoms with Crippen LogP contribution in [0.2, 0.25) is 0 Å². The maximum absolute atomic E-state index is 12.9. The van der Waals surface area contributed by atoms with E-state index in [1.807, 2.05) is 18.7 Å². The Kier molecular flexibility index (Phi) is 6.68. The number of sulfone groups is 1. The molecule has 30 heavy (non-hydrogen) atoms. The fraction of sp³-hybridized carbons (Fsp3) is 0.421. The number of sulfonamides is 1. The normalized spacial score (nSPS) is 16.5. The van der Waals surface area contributed by atoms with Gasteiger partial charge in [0.05, 0.1) is 16.3 Å². The number of piperazine rings is 1. The highest BCUT2D eigenvalue weighted by atomic mass is 32.2. The van der Waals surface area contributed by atoms with Crippen LogP contribution in [0.1, 0.15) is 9.75 Å². The minimum Gasteiger partial charge on any atom is -0.325 e. The number of anilines is 1. The first kappa shape index (κ1) is 22.9. The molecule has 0 saturated carbocycles. The third-order valence-corrected chi connectivity index (χ3v) is 9.13. The number of carbonyl (C=O) groups excluding carboxylic acids is 1. The van der Waals surface area contributed by atoms with Gasteiger partial charge in [-0.05, 0) is 44.2 Å². The highest BCUT2D eigenvalue weighted by Gasteiger charge is 2.31. The predicted molar refractivity (Wildman–Crippen MR) is 117 cm³/mol. The van der Waals surface area contributed by atoms with E-state index in [9.17, 15) is 21.6 Å². The number of nitrogens with one attached hydrogen (secondary N) is 1. The average Bonchev–Trinajstić information content (AvgIpc) is 3.01. The summed E-state index contributed by atoms with van der Waals surface area (Å²) >= 11 is 1.47. The summed E-state index contributed by atoms with van der Waals surface area (Å²) in [4.78, 5) is 16.5. The fourth-order valence-corrected chi connectivity index (χ4v) is 6.90. The SMILES string of the molecule is Cc1cc(S(=O)(=O)N2CCN(CC(=O)Nc3ccc(S(C)(=O)=O)cc3)CC2)c(C)s1. The van der Waals surface area contributed by atoms with E-state index in [-0.39, 0.29) is 17.3 Å². The number of amides is 1. The molecule has 11 heteroatoms. The molecule has 1 aromatic heterocycles. The number of benzene rings is 1. The van der Waals surface area contributed by atoms with Crippen LogP contribution >= 0.6 is 11.3 Å². The molecule has 1 aliphatic rings. The summed E-state index contributed by atoms with van der Waals surface area (Å²) in [6.07, 6.45) is 1.13. The van der Waals surface area contributed by atoms with Gasteiger partial charge in [-0.2, -0.15) is 4.31 Å². The Labute approximate surface area is 181 Å². The molecule has 8 nitrogen and oxygen atoms in total. The molecule has 1 aliphatic heterocycles. The molecule has 164 valence electrons. The lowest BCUT2D eigenvalue weighted by Crippen LogP contribution is -2.50. The van der Waals surface area contributed by atoms with E-state index in [1.165, 1.54) is 27.8 Å². The maximum atomic E-state index is 12.9. The van der Waals surface area contributed by atoms with Gasteiger partial charge in [-0.3, -0.25) is 9.69 Å². The molecule has 1 aromatic carbocycles. The molecule has 0 bridgehead atoms. The van der Waals surface area contributed by atoms with Crippen molar-refractivity contribution in [3.05, 3.63) is 40.1 Å². The summed E-state index contributed by atoms with van der Waals surface area (Å²) in [6.45, 7) is 5.41. The van der Waals surface area contributed by atoms with E-state index in [2.05, 4.69) is 5.32 Å². The molecule has 1 saturated heterocycles. The molecular formula is C19H25N3O5S3. The van der Waals surface area contributed by atoms with Crippen molar-refractivity contribution in [2.24, 2.45) is 0 Å². The van der Waals surface area contributed by atoms with Gasteiger partial charge < -0.3 is 5.32 Å². The second-order valence-corrected chi connectivity index (χ2v) is 12.7. The summed E-state index contributed by atoms with van der Waals surface area (Å²) < 4.78 is 50.2. The largest absolute Gasteiger partial charge is 0.325 e. The highest BCUT2D eigenvalue weighted by molar-refractivity contribution is 7.90. The summed E-state index contributed by atoms with van der Waals surface area (Å²) in [5, 5.41) is 2.74. The summed E-state index contributed by atoms with van der Waals surface area (Å²) in [5.74, 6) is -0.234. The first-order valence-corrected chi connectivity index (χ1v) is 13.5. The number of hydrogen-bond acceptors (Lipinski definition) is 7. The van der Waals surface area contributed by atoms with Crippen LogP contribution in [0.25, 0.3) is 0 Å². The van der Waals surface area contributed by atoms with Crippen molar-refractivity contribution in [3.63, 3.8) is 0 Å². The van der Waals surface area contributed by atoms with Crippen LogP contribution in [0.15, 0.2) is 40.1 Å². The molecule has 0 spiro atoms. The van der Waals surface area contributed by atoms with Gasteiger partial charge in [-0.1, -0.05) is 0 Å². The number of carbonyl (C=O) groups is 1. The summed E-state index contributed by atoms with van der Waals surface area (Å²) in [5.41, 5.74) is 0.511. The van der Waals surface area contributed by atoms with Gasteiger partial charge >= 0.3 is 0 Å². The number of hydrogen-bond donors (Lipinski definition) is 1. The van der Waals surface area contributed by atoms with Gasteiger partial charge in [0.2, 0.25) is 15.9 Å². The van der Waals surface area contributed by atoms with Crippen LogP contribution in [0.5, 0.6) is 0 Å². The van der Waals surface area contributed by atoms with Gasteiger partial charge in [0.15, 0.2) is 9.84 Å². The molecule has 1 fully saturated rings. The molecule has 2 aromatic rings. The average molecular weight is 472 g/mol. The Morgan fingerprint density at radius 3 is 2.13 bits per heavy atom. The zero-order valence-corrected chi connectivity index (χ0v) is 19.5. The maximum Gasteiger partial charge on any atom is 0.244 e. The third-order valence-electron chi connectivity index (χ3n) is 4.88. The topological polar surface area (TPSA) is 104 Å². The van der Waals surface area contributed by atoms with Crippen molar-refractivity contribution < 1.29 is 21.6 Å². The first-order chi connectivity index (χ1) is 14.0. The van der Waals surface area contributed by atoms with Crippen LogP contribution in [0.4, 0.5) is 5.69 Å². The van der Waals surface area contributed by atoms with Gasteiger partial charge in [-0.25, -0.2) is 16.8 Å². The predicted octanol–water partition coefficient (Wildman–Crippen LogP) is 1.71. The van der Waals surface area contributed by atoms with Crippen LogP contribution in [-0.4, -0.2) is 70.9 Å². The molecule has 3 rings (SSSR count). The van der Waals surface area contributed by atoms with Crippen molar-refractivity contribution in [2.45, 2.75) is 23.6 Å². The van der Waals surface area contributed by atoms with Crippen LogP contribution < -0.4 is 5.32 Å². The zero-order chi connectivity index (χ0) is 22.1. The van der Waals surface area contributed by atoms with Crippen molar-refractivity contribution in [2.75, 3.05) is 44.3 Å². The van der Waals surface area contributed by atoms with Crippen molar-refractivity contribution in [1.29, 1.82) is 0 Å². The van der Waals surface area contributed by atoms with E-state index in [0.717, 1.165) is 16.0 Å². The molecule has 0 atom stereocenters. The molecule has 1 amide bonds. The highest BCUT2D eigenvalue weighted by Crippen LogP contribution is 2.28. The lowest BCUT2D eigenvalue weighted by Gasteiger charge is -2.33. The third kappa shape index (κ3) is 5.27. The summed E-state index contributed by atoms with van der Waals surface area (Å²) in [7, 11) is -6.80. The first-order valence-electron chi connectivity index (χ1n) is 9.36. The smallest absolute Gasteiger partial charge is 0.244 e. The Balaban J connectivity index is 1.54. The van der Waals surface area contributed by atoms with Gasteiger partial charge in [0, 0.05) is 47.9 Å². The number of nitrogens with zero attached hydrogens (tertiary/aromatic N) is 2. The number of thiophene rings is 1. The minimum absolute atomic E-state index is 0.137. The fourth-order valence-electron chi connectivity index (χ4n) is 3.32. The molecule has 0 aliphatic carbocycles. The number of rotatable bonds is 6. The molecule has 0 radical (unpaired) electrons. The monoisotopic (exact) mass is 471 g/mol. The van der Waals surface area contributed by atoms with E-state index < -0.39 is 19.9 Å². The Morgan fingerprint density at radius 1 is 1.03 bits per heavy atom. The molecule has 0 unspecified atom stereocenters. The van der Waals surface area contributed by atoms with Crippen LogP contribution in [0.3, 0.4) is 0 Å². The minimum atomic E-state index is -3.52. The van der Waals surface area contributed by atoms with E-state index in [4.69, 9.17) is 0 Å². The summed E-state index contributed by atoms with van der Waals surface area (Å²) in [6, 6.07) is 7.70. The van der Waals surface area contributed by atoms with Crippen molar-refractivity contribution >= 4 is 42.8 Å². The quantitative estimate of drug-likeness (QED) is 0.688. The van der Waals surface area contributed by atoms with Gasteiger partial charge in [0.25, 0.3) is 0 Å². The molecule has 2 heterocycles. The van der Waals surface area contributed by atoms with Crippen molar-refractivity contribution in [3.8, 4) is 0 Å². The second-order valence-electron chi connectivity index (χ2n) is 7.30. The standard InChI is InChI=1S/C19H25N3O5S3/c1-14-12-18(15(2)28-14)30(26,27)22-10-8-21(9-11-22)13-19(23)20-16-4-6-17(7-5-16)29(3,24)25/h4-7,12H,8-11,13H2,1-3H3,(H,20,23). The van der Waals surface area contributed by atoms with Gasteiger partial charge in [-0.15, -0.1) is 11.3 Å². The Hall–Kier alpha value is -1.79. The lowest BCUT2D eigenvalue weighted by molar-refractivity contribution is -0.117. The zero-order valence-electron chi connectivity index (χ0n) is 17.1. The van der Waals surface area contributed by atoms with E-state index in [1.54, 1.807) is 18.2 Å². The van der Waals surface area contributed by atoms with Crippen LogP contribution in [-0.2, 0) is 24.7 Å². The Morgan fingerprint density at radius 2 is 1.63 bits per heavy atom. The second kappa shape index (κ2) is 8.75. The van der Waals surface area contributed by atoms with E-state index in [0.29, 0.717) is 36.8 Å². The van der Waals surface area contributed by atoms with Gasteiger partial charge in [0.1, 0.15) is 0 Å². The number of aryl methyl sites for hydroxylation is 2. The Bertz CT molecular complexity index is 1130. The van der Waals surface area contributed by atoms with E-state index >= 15 is 0 Å². The van der Waals surface area contributed by atoms with Crippen LogP contribution in [0, 0.1) is 13.8 Å². The molecular weight excluding hydrogens is 446 g/mol. The molecule has 1 N–H and O–H groups in total.